The van der Waals surface area contributed by atoms with Gasteiger partial charge in [-0.3, -0.25) is 4.79 Å². The van der Waals surface area contributed by atoms with Crippen LogP contribution in [0.5, 0.6) is 0 Å². The van der Waals surface area contributed by atoms with E-state index in [-0.39, 0.29) is 18.4 Å². The van der Waals surface area contributed by atoms with E-state index in [9.17, 15) is 4.79 Å². The Hall–Kier alpha value is -0.570. The van der Waals surface area contributed by atoms with E-state index in [1.807, 2.05) is 0 Å². The molecule has 0 unspecified atom stereocenters. The summed E-state index contributed by atoms with van der Waals surface area (Å²) < 4.78 is 0. The molecule has 1 heterocycles. The van der Waals surface area contributed by atoms with E-state index in [2.05, 4.69) is 5.32 Å². The van der Waals surface area contributed by atoms with E-state index in [1.165, 1.54) is 0 Å². The van der Waals surface area contributed by atoms with Crippen molar-refractivity contribution >= 4 is 5.91 Å². The van der Waals surface area contributed by atoms with Gasteiger partial charge < -0.3 is 10.4 Å². The minimum absolute atomic E-state index is 0.00694. The van der Waals surface area contributed by atoms with Crippen LogP contribution in [0.4, 0.5) is 0 Å². The highest BCUT2D eigenvalue weighted by Crippen LogP contribution is 2.06. The van der Waals surface area contributed by atoms with Gasteiger partial charge in [0.1, 0.15) is 0 Å². The molecule has 0 aromatic carbocycles. The lowest BCUT2D eigenvalue weighted by Gasteiger charge is -1.96. The first-order valence-corrected chi connectivity index (χ1v) is 2.73. The zero-order valence-electron chi connectivity index (χ0n) is 4.55. The fraction of sp³-hybridized carbons (Fsp3) is 0.800. The van der Waals surface area contributed by atoms with Crippen molar-refractivity contribution in [1.29, 1.82) is 0 Å². The van der Waals surface area contributed by atoms with Crippen LogP contribution in [0, 0.1) is 5.92 Å². The number of aliphatic hydroxyl groups excluding tert-OH is 1. The van der Waals surface area contributed by atoms with Gasteiger partial charge in [0, 0.05) is 6.54 Å². The van der Waals surface area contributed by atoms with E-state index in [1.54, 1.807) is 0 Å². The second kappa shape index (κ2) is 2.13. The van der Waals surface area contributed by atoms with Crippen molar-refractivity contribution in [2.45, 2.75) is 6.42 Å². The van der Waals surface area contributed by atoms with Crippen LogP contribution in [-0.2, 0) is 4.79 Å². The highest BCUT2D eigenvalue weighted by Gasteiger charge is 2.22. The van der Waals surface area contributed by atoms with E-state index in [0.29, 0.717) is 0 Å². The number of carbonyl (C=O) groups is 1. The molecule has 3 heteroatoms. The van der Waals surface area contributed by atoms with E-state index >= 15 is 0 Å². The molecule has 3 nitrogen and oxygen atoms in total. The summed E-state index contributed by atoms with van der Waals surface area (Å²) in [5.41, 5.74) is 0. The van der Waals surface area contributed by atoms with Crippen LogP contribution < -0.4 is 5.32 Å². The van der Waals surface area contributed by atoms with Gasteiger partial charge in [-0.2, -0.15) is 0 Å². The zero-order chi connectivity index (χ0) is 5.98. The molecular weight excluding hydrogens is 106 g/mol. The maximum atomic E-state index is 10.5. The van der Waals surface area contributed by atoms with E-state index in [4.69, 9.17) is 5.11 Å². The molecule has 1 amide bonds. The molecule has 1 rings (SSSR count). The predicted octanol–water partition coefficient (Wildman–Crippen LogP) is -0.885. The standard InChI is InChI=1S/C5H9NO2/c7-3-4-1-2-6-5(4)8/h4,7H,1-3H2,(H,6,8)/t4-/m1/s1. The Morgan fingerprint density at radius 1 is 1.88 bits per heavy atom. The topological polar surface area (TPSA) is 49.3 Å². The van der Waals surface area contributed by atoms with Crippen LogP contribution in [-0.4, -0.2) is 24.2 Å². The summed E-state index contributed by atoms with van der Waals surface area (Å²) in [6, 6.07) is 0. The molecule has 1 saturated heterocycles. The number of hydrogen-bond acceptors (Lipinski definition) is 2. The number of nitrogens with one attached hydrogen (secondary N) is 1. The van der Waals surface area contributed by atoms with Gasteiger partial charge in [0.25, 0.3) is 0 Å². The zero-order valence-corrected chi connectivity index (χ0v) is 4.55. The second-order valence-electron chi connectivity index (χ2n) is 1.96. The van der Waals surface area contributed by atoms with Gasteiger partial charge >= 0.3 is 0 Å². The molecule has 1 atom stereocenters. The molecule has 0 saturated carbocycles. The highest BCUT2D eigenvalue weighted by atomic mass is 16.3. The third kappa shape index (κ3) is 0.816. The first kappa shape index (κ1) is 5.56. The third-order valence-corrected chi connectivity index (χ3v) is 1.38. The number of rotatable bonds is 1. The van der Waals surface area contributed by atoms with E-state index in [0.717, 1.165) is 13.0 Å². The second-order valence-corrected chi connectivity index (χ2v) is 1.96. The molecule has 2 N–H and O–H groups in total. The van der Waals surface area contributed by atoms with Crippen LogP contribution in [0.3, 0.4) is 0 Å². The lowest BCUT2D eigenvalue weighted by Crippen LogP contribution is -2.20. The Morgan fingerprint density at radius 2 is 2.62 bits per heavy atom. The van der Waals surface area contributed by atoms with Gasteiger partial charge in [-0.25, -0.2) is 0 Å². The number of carbonyl (C=O) groups excluding carboxylic acids is 1. The number of aliphatic hydroxyl groups is 1. The quantitative estimate of drug-likeness (QED) is 0.466. The number of hydrogen-bond donors (Lipinski definition) is 2. The first-order valence-electron chi connectivity index (χ1n) is 2.73. The monoisotopic (exact) mass is 115 g/mol. The van der Waals surface area contributed by atoms with Gasteiger partial charge in [0.15, 0.2) is 0 Å². The SMILES string of the molecule is O=C1NCC[C@@H]1CO. The molecule has 0 aromatic heterocycles. The molecule has 0 aromatic rings. The van der Waals surface area contributed by atoms with Crippen molar-refractivity contribution in [3.8, 4) is 0 Å². The lowest BCUT2D eigenvalue weighted by atomic mass is 10.1. The van der Waals surface area contributed by atoms with Gasteiger partial charge in [0.2, 0.25) is 5.91 Å². The van der Waals surface area contributed by atoms with Crippen molar-refractivity contribution < 1.29 is 9.90 Å². The minimum Gasteiger partial charge on any atom is -0.396 e. The molecule has 0 bridgehead atoms. The normalized spacial score (nSPS) is 28.1. The molecule has 0 spiro atoms. The van der Waals surface area contributed by atoms with Crippen LogP contribution in [0.25, 0.3) is 0 Å². The average molecular weight is 115 g/mol. The van der Waals surface area contributed by atoms with Crippen molar-refractivity contribution in [3.05, 3.63) is 0 Å². The minimum atomic E-state index is -0.130. The molecule has 8 heavy (non-hydrogen) atoms. The van der Waals surface area contributed by atoms with E-state index < -0.39 is 0 Å². The Labute approximate surface area is 47.7 Å². The van der Waals surface area contributed by atoms with Crippen molar-refractivity contribution in [3.63, 3.8) is 0 Å². The van der Waals surface area contributed by atoms with Gasteiger partial charge in [-0.1, -0.05) is 0 Å². The highest BCUT2D eigenvalue weighted by molar-refractivity contribution is 5.80. The fourth-order valence-electron chi connectivity index (χ4n) is 0.819. The molecule has 46 valence electrons. The molecular formula is C5H9NO2. The lowest BCUT2D eigenvalue weighted by molar-refractivity contribution is -0.123. The predicted molar refractivity (Wildman–Crippen MR) is 28.2 cm³/mol. The summed E-state index contributed by atoms with van der Waals surface area (Å²) in [7, 11) is 0. The molecule has 1 fully saturated rings. The van der Waals surface area contributed by atoms with Gasteiger partial charge in [-0.05, 0) is 6.42 Å². The largest absolute Gasteiger partial charge is 0.396 e. The molecule has 0 radical (unpaired) electrons. The molecule has 1 aliphatic rings. The summed E-state index contributed by atoms with van der Waals surface area (Å²) in [5.74, 6) is -0.137. The summed E-state index contributed by atoms with van der Waals surface area (Å²) in [4.78, 5) is 10.5. The van der Waals surface area contributed by atoms with Crippen LogP contribution >= 0.6 is 0 Å². The summed E-state index contributed by atoms with van der Waals surface area (Å²) >= 11 is 0. The first-order chi connectivity index (χ1) is 3.84. The number of amides is 1. The summed E-state index contributed by atoms with van der Waals surface area (Å²) in [5, 5.41) is 11.1. The summed E-state index contributed by atoms with van der Waals surface area (Å²) in [6.45, 7) is 0.718. The van der Waals surface area contributed by atoms with Crippen LogP contribution in [0.2, 0.25) is 0 Å². The maximum absolute atomic E-state index is 10.5. The van der Waals surface area contributed by atoms with Gasteiger partial charge in [0.05, 0.1) is 12.5 Å². The molecule has 0 aliphatic carbocycles. The third-order valence-electron chi connectivity index (χ3n) is 1.38. The fourth-order valence-corrected chi connectivity index (χ4v) is 0.819. The van der Waals surface area contributed by atoms with Crippen molar-refractivity contribution in [2.24, 2.45) is 5.92 Å². The smallest absolute Gasteiger partial charge is 0.225 e. The maximum Gasteiger partial charge on any atom is 0.225 e. The van der Waals surface area contributed by atoms with Crippen molar-refractivity contribution in [2.75, 3.05) is 13.2 Å². The Kier molecular flexibility index (Phi) is 1.48. The Balaban J connectivity index is 2.42. The van der Waals surface area contributed by atoms with Crippen LogP contribution in [0.1, 0.15) is 6.42 Å². The average Bonchev–Trinajstić information content (AvgIpc) is 2.14. The van der Waals surface area contributed by atoms with Gasteiger partial charge in [-0.15, -0.1) is 0 Å². The Bertz CT molecular complexity index is 103. The summed E-state index contributed by atoms with van der Waals surface area (Å²) in [6.07, 6.45) is 0.787. The molecule has 1 aliphatic heterocycles. The van der Waals surface area contributed by atoms with Crippen LogP contribution in [0.15, 0.2) is 0 Å². The Morgan fingerprint density at radius 3 is 2.88 bits per heavy atom. The van der Waals surface area contributed by atoms with Crippen molar-refractivity contribution in [1.82, 2.24) is 5.32 Å².